The van der Waals surface area contributed by atoms with E-state index in [1.165, 1.54) is 6.92 Å². The number of rotatable bonds is 3. The van der Waals surface area contributed by atoms with Gasteiger partial charge >= 0.3 is 0 Å². The summed E-state index contributed by atoms with van der Waals surface area (Å²) < 4.78 is 5.16. The summed E-state index contributed by atoms with van der Waals surface area (Å²) in [5, 5.41) is 3.17. The van der Waals surface area contributed by atoms with Crippen LogP contribution < -0.4 is 5.32 Å². The number of carbonyl (C=O) groups is 2. The second kappa shape index (κ2) is 5.50. The van der Waals surface area contributed by atoms with Crippen LogP contribution in [-0.4, -0.2) is 24.9 Å². The summed E-state index contributed by atoms with van der Waals surface area (Å²) >= 11 is 5.99. The molecule has 1 atom stereocenters. The topological polar surface area (TPSA) is 55.4 Å². The number of benzene rings is 1. The fraction of sp³-hybridized carbons (Fsp3) is 0.385. The first-order valence-electron chi connectivity index (χ1n) is 5.77. The SMILES string of the molecule is CC(=O)c1ccc(Cl)c(NC(=O)C2CCOC2)c1. The molecule has 2 rings (SSSR count). The molecule has 1 heterocycles. The number of amides is 1. The molecule has 1 aromatic rings. The van der Waals surface area contributed by atoms with E-state index < -0.39 is 0 Å². The van der Waals surface area contributed by atoms with Crippen molar-refractivity contribution in [3.05, 3.63) is 28.8 Å². The van der Waals surface area contributed by atoms with E-state index in [0.717, 1.165) is 6.42 Å². The van der Waals surface area contributed by atoms with E-state index in [1.807, 2.05) is 0 Å². The van der Waals surface area contributed by atoms with E-state index in [2.05, 4.69) is 5.32 Å². The van der Waals surface area contributed by atoms with E-state index in [9.17, 15) is 9.59 Å². The number of anilines is 1. The molecule has 0 saturated carbocycles. The average Bonchev–Trinajstić information content (AvgIpc) is 2.85. The highest BCUT2D eigenvalue weighted by molar-refractivity contribution is 6.33. The van der Waals surface area contributed by atoms with Crippen LogP contribution >= 0.6 is 11.6 Å². The average molecular weight is 268 g/mol. The van der Waals surface area contributed by atoms with Gasteiger partial charge in [-0.3, -0.25) is 9.59 Å². The van der Waals surface area contributed by atoms with Crippen molar-refractivity contribution in [2.75, 3.05) is 18.5 Å². The highest BCUT2D eigenvalue weighted by atomic mass is 35.5. The van der Waals surface area contributed by atoms with Crippen LogP contribution in [0.4, 0.5) is 5.69 Å². The Kier molecular flexibility index (Phi) is 3.99. The molecule has 0 aliphatic carbocycles. The maximum atomic E-state index is 11.9. The Morgan fingerprint density at radius 2 is 2.22 bits per heavy atom. The second-order valence-corrected chi connectivity index (χ2v) is 4.71. The van der Waals surface area contributed by atoms with Gasteiger partial charge in [-0.05, 0) is 31.5 Å². The molecule has 1 saturated heterocycles. The third kappa shape index (κ3) is 2.89. The first-order chi connectivity index (χ1) is 8.58. The minimum absolute atomic E-state index is 0.0636. The number of nitrogens with one attached hydrogen (secondary N) is 1. The van der Waals surface area contributed by atoms with Gasteiger partial charge in [0.1, 0.15) is 0 Å². The van der Waals surface area contributed by atoms with Crippen molar-refractivity contribution in [2.24, 2.45) is 5.92 Å². The number of hydrogen-bond acceptors (Lipinski definition) is 3. The fourth-order valence-corrected chi connectivity index (χ4v) is 1.98. The summed E-state index contributed by atoms with van der Waals surface area (Å²) in [6, 6.07) is 4.84. The zero-order chi connectivity index (χ0) is 13.1. The Morgan fingerprint density at radius 3 is 2.83 bits per heavy atom. The van der Waals surface area contributed by atoms with Crippen molar-refractivity contribution in [1.82, 2.24) is 0 Å². The monoisotopic (exact) mass is 267 g/mol. The minimum Gasteiger partial charge on any atom is -0.381 e. The number of ether oxygens (including phenoxy) is 1. The van der Waals surface area contributed by atoms with Crippen molar-refractivity contribution in [3.63, 3.8) is 0 Å². The van der Waals surface area contributed by atoms with Gasteiger partial charge in [-0.1, -0.05) is 11.6 Å². The number of Topliss-reactive ketones (excluding diaryl/α,β-unsaturated/α-hetero) is 1. The Morgan fingerprint density at radius 1 is 1.44 bits per heavy atom. The number of ketones is 1. The molecule has 1 aromatic carbocycles. The largest absolute Gasteiger partial charge is 0.381 e. The van der Waals surface area contributed by atoms with Crippen molar-refractivity contribution in [3.8, 4) is 0 Å². The number of carbonyl (C=O) groups excluding carboxylic acids is 2. The first-order valence-corrected chi connectivity index (χ1v) is 6.15. The molecule has 0 radical (unpaired) electrons. The number of halogens is 1. The smallest absolute Gasteiger partial charge is 0.229 e. The Balaban J connectivity index is 2.14. The van der Waals surface area contributed by atoms with Crippen LogP contribution in [0.3, 0.4) is 0 Å². The molecular weight excluding hydrogens is 254 g/mol. The molecule has 5 heteroatoms. The molecule has 18 heavy (non-hydrogen) atoms. The summed E-state index contributed by atoms with van der Waals surface area (Å²) in [6.07, 6.45) is 0.718. The van der Waals surface area contributed by atoms with Gasteiger partial charge in [0.2, 0.25) is 5.91 Å². The van der Waals surface area contributed by atoms with Crippen LogP contribution in [0.5, 0.6) is 0 Å². The molecule has 0 aromatic heterocycles. The first kappa shape index (κ1) is 13.1. The molecule has 4 nitrogen and oxygen atoms in total. The molecule has 96 valence electrons. The van der Waals surface area contributed by atoms with E-state index in [-0.39, 0.29) is 17.6 Å². The molecule has 1 N–H and O–H groups in total. The Hall–Kier alpha value is -1.39. The van der Waals surface area contributed by atoms with Gasteiger partial charge in [0.05, 0.1) is 23.2 Å². The van der Waals surface area contributed by atoms with E-state index in [4.69, 9.17) is 16.3 Å². The third-order valence-corrected chi connectivity index (χ3v) is 3.26. The van der Waals surface area contributed by atoms with E-state index >= 15 is 0 Å². The Bertz CT molecular complexity index is 481. The Labute approximate surface area is 110 Å². The lowest BCUT2D eigenvalue weighted by atomic mass is 10.1. The maximum Gasteiger partial charge on any atom is 0.229 e. The van der Waals surface area contributed by atoms with Crippen LogP contribution in [0.15, 0.2) is 18.2 Å². The quantitative estimate of drug-likeness (QED) is 0.856. The van der Waals surface area contributed by atoms with Crippen LogP contribution in [0.2, 0.25) is 5.02 Å². The molecule has 1 aliphatic rings. The predicted octanol–water partition coefficient (Wildman–Crippen LogP) is 2.52. The fourth-order valence-electron chi connectivity index (χ4n) is 1.82. The molecule has 1 amide bonds. The summed E-state index contributed by atoms with van der Waals surface area (Å²) in [5.41, 5.74) is 0.999. The van der Waals surface area contributed by atoms with Gasteiger partial charge in [0.25, 0.3) is 0 Å². The zero-order valence-corrected chi connectivity index (χ0v) is 10.8. The summed E-state index contributed by atoms with van der Waals surface area (Å²) in [5.74, 6) is -0.316. The summed E-state index contributed by atoms with van der Waals surface area (Å²) in [6.45, 7) is 2.52. The molecule has 0 bridgehead atoms. The molecule has 1 fully saturated rings. The van der Waals surface area contributed by atoms with Crippen molar-refractivity contribution in [1.29, 1.82) is 0 Å². The lowest BCUT2D eigenvalue weighted by Gasteiger charge is -2.11. The van der Waals surface area contributed by atoms with Gasteiger partial charge in [-0.2, -0.15) is 0 Å². The molecule has 0 spiro atoms. The van der Waals surface area contributed by atoms with Crippen molar-refractivity contribution < 1.29 is 14.3 Å². The minimum atomic E-state index is -0.137. The third-order valence-electron chi connectivity index (χ3n) is 2.93. The van der Waals surface area contributed by atoms with Crippen LogP contribution in [-0.2, 0) is 9.53 Å². The molecule has 1 unspecified atom stereocenters. The van der Waals surface area contributed by atoms with Gasteiger partial charge < -0.3 is 10.1 Å². The summed E-state index contributed by atoms with van der Waals surface area (Å²) in [4.78, 5) is 23.2. The molecular formula is C13H14ClNO3. The van der Waals surface area contributed by atoms with Gasteiger partial charge in [-0.25, -0.2) is 0 Å². The lowest BCUT2D eigenvalue weighted by Crippen LogP contribution is -2.23. The van der Waals surface area contributed by atoms with Gasteiger partial charge in [0.15, 0.2) is 5.78 Å². The molecule has 1 aliphatic heterocycles. The predicted molar refractivity (Wildman–Crippen MR) is 69.0 cm³/mol. The van der Waals surface area contributed by atoms with Crippen LogP contribution in [0, 0.1) is 5.92 Å². The second-order valence-electron chi connectivity index (χ2n) is 4.30. The van der Waals surface area contributed by atoms with E-state index in [1.54, 1.807) is 18.2 Å². The van der Waals surface area contributed by atoms with Crippen molar-refractivity contribution >= 4 is 29.0 Å². The zero-order valence-electron chi connectivity index (χ0n) is 10.0. The number of hydrogen-bond donors (Lipinski definition) is 1. The normalized spacial score (nSPS) is 18.7. The maximum absolute atomic E-state index is 11.9. The van der Waals surface area contributed by atoms with Crippen LogP contribution in [0.25, 0.3) is 0 Å². The standard InChI is InChI=1S/C13H14ClNO3/c1-8(16)9-2-3-11(14)12(6-9)15-13(17)10-4-5-18-7-10/h2-3,6,10H,4-5,7H2,1H3,(H,15,17). The van der Waals surface area contributed by atoms with E-state index in [0.29, 0.717) is 29.5 Å². The lowest BCUT2D eigenvalue weighted by molar-refractivity contribution is -0.119. The highest BCUT2D eigenvalue weighted by Gasteiger charge is 2.24. The summed E-state index contributed by atoms with van der Waals surface area (Å²) in [7, 11) is 0. The van der Waals surface area contributed by atoms with Crippen LogP contribution in [0.1, 0.15) is 23.7 Å². The van der Waals surface area contributed by atoms with Gasteiger partial charge in [-0.15, -0.1) is 0 Å². The van der Waals surface area contributed by atoms with Crippen molar-refractivity contribution in [2.45, 2.75) is 13.3 Å². The highest BCUT2D eigenvalue weighted by Crippen LogP contribution is 2.25. The van der Waals surface area contributed by atoms with Gasteiger partial charge in [0, 0.05) is 12.2 Å².